The summed E-state index contributed by atoms with van der Waals surface area (Å²) in [6.07, 6.45) is 4.24. The van der Waals surface area contributed by atoms with Crippen LogP contribution in [-0.2, 0) is 0 Å². The quantitative estimate of drug-likeness (QED) is 0.416. The monoisotopic (exact) mass is 165 g/mol. The first-order valence-corrected chi connectivity index (χ1v) is 4.44. The third kappa shape index (κ3) is 1.31. The molecule has 0 fully saturated rings. The Morgan fingerprint density at radius 3 is 1.50 bits per heavy atom. The molecule has 1 aliphatic rings. The van der Waals surface area contributed by atoms with Gasteiger partial charge >= 0.3 is 0 Å². The van der Waals surface area contributed by atoms with E-state index in [0.29, 0.717) is 0 Å². The molecule has 2 heteroatoms. The molecule has 0 aromatic heterocycles. The van der Waals surface area contributed by atoms with E-state index in [0.717, 1.165) is 0 Å². The molecule has 1 aromatic carbocycles. The summed E-state index contributed by atoms with van der Waals surface area (Å²) in [5.41, 5.74) is 2.74. The van der Waals surface area contributed by atoms with Crippen molar-refractivity contribution >= 4 is 32.8 Å². The van der Waals surface area contributed by atoms with Crippen LogP contribution in [0.3, 0.4) is 0 Å². The van der Waals surface area contributed by atoms with Crippen LogP contribution < -0.4 is 0 Å². The minimum absolute atomic E-state index is 1.37. The van der Waals surface area contributed by atoms with Crippen molar-refractivity contribution in [3.8, 4) is 0 Å². The maximum absolute atomic E-state index is 4.44. The molecule has 0 nitrogen and oxygen atoms in total. The zero-order valence-corrected chi connectivity index (χ0v) is 7.10. The summed E-state index contributed by atoms with van der Waals surface area (Å²) in [5.74, 6) is 0. The molecule has 0 atom stereocenters. The van der Waals surface area contributed by atoms with Crippen molar-refractivity contribution in [3.05, 3.63) is 35.4 Å². The average Bonchev–Trinajstić information content (AvgIpc) is 1.96. The Kier molecular flexibility index (Phi) is 2.72. The Morgan fingerprint density at radius 1 is 0.900 bits per heavy atom. The Hall–Kier alpha value is -0.533. The van der Waals surface area contributed by atoms with Gasteiger partial charge in [0.1, 0.15) is 0 Å². The Bertz CT molecular complexity index is 218. The van der Waals surface area contributed by atoms with Crippen molar-refractivity contribution in [3.63, 3.8) is 0 Å². The molecule has 0 bridgehead atoms. The van der Waals surface area contributed by atoms with Crippen molar-refractivity contribution in [1.29, 1.82) is 0 Å². The fourth-order valence-electron chi connectivity index (χ4n) is 0.898. The molecular weight excluding hydrogens is 160 g/mol. The van der Waals surface area contributed by atoms with Gasteiger partial charge in [0, 0.05) is 0 Å². The van der Waals surface area contributed by atoms with Crippen LogP contribution in [0.1, 0.15) is 11.1 Å². The number of hydrogen-bond donors (Lipinski definition) is 0. The highest BCUT2D eigenvalue weighted by Crippen LogP contribution is 2.21. The van der Waals surface area contributed by atoms with E-state index in [1.54, 1.807) is 0 Å². The second kappa shape index (κ2) is 3.59. The van der Waals surface area contributed by atoms with Crippen LogP contribution in [0, 0.1) is 0 Å². The van der Waals surface area contributed by atoms with E-state index in [1.807, 2.05) is 0 Å². The molecule has 0 spiro atoms. The molecule has 1 aliphatic carbocycles. The lowest BCUT2D eigenvalue weighted by Gasteiger charge is -2.06. The lowest BCUT2D eigenvalue weighted by molar-refractivity contribution is 1.58. The normalized spacial score (nSPS) is 10.6. The lowest BCUT2D eigenvalue weighted by Crippen LogP contribution is -1.85. The number of halogens is 1. The Morgan fingerprint density at radius 2 is 1.30 bits per heavy atom. The largest absolute Gasteiger partial charge is 0.174 e. The van der Waals surface area contributed by atoms with E-state index < -0.39 is 0 Å². The van der Waals surface area contributed by atoms with Gasteiger partial charge in [0.05, 0.1) is 0 Å². The minimum Gasteiger partial charge on any atom is -0.174 e. The van der Waals surface area contributed by atoms with Crippen molar-refractivity contribution in [1.82, 2.24) is 0 Å². The van der Waals surface area contributed by atoms with Gasteiger partial charge < -0.3 is 0 Å². The van der Waals surface area contributed by atoms with E-state index in [2.05, 4.69) is 57.0 Å². The predicted octanol–water partition coefficient (Wildman–Crippen LogP) is 2.48. The molecule has 0 heterocycles. The molecule has 49 valence electrons. The molecule has 0 N–H and O–H groups in total. The van der Waals surface area contributed by atoms with E-state index >= 15 is 0 Å². The number of hydrogen-bond acceptors (Lipinski definition) is 0. The summed E-state index contributed by atoms with van der Waals surface area (Å²) in [7, 11) is 2.44. The topological polar surface area (TPSA) is 0 Å². The molecule has 0 saturated carbocycles. The fourth-order valence-corrected chi connectivity index (χ4v) is 0.898. The third-order valence-corrected chi connectivity index (χ3v) is 1.44. The second-order valence-electron chi connectivity index (χ2n) is 1.96. The van der Waals surface area contributed by atoms with Crippen molar-refractivity contribution in [2.75, 3.05) is 0 Å². The van der Waals surface area contributed by atoms with Crippen LogP contribution in [0.4, 0.5) is 0 Å². The van der Waals surface area contributed by atoms with Gasteiger partial charge in [-0.15, -0.1) is 0 Å². The standard InChI is InChI=1S/C8H6.ClSi/c1-2-4-8-6-5-7(8)3-1;1-2/h1-6H;. The van der Waals surface area contributed by atoms with Crippen molar-refractivity contribution in [2.45, 2.75) is 0 Å². The molecule has 0 aliphatic heterocycles. The Balaban J connectivity index is 0.000000231. The highest BCUT2D eigenvalue weighted by molar-refractivity contribution is 6.80. The Labute approximate surface area is 68.7 Å². The number of fused-ring (bicyclic) bond motifs is 1. The first kappa shape index (κ1) is 7.57. The summed E-state index contributed by atoms with van der Waals surface area (Å²) < 4.78 is 0. The van der Waals surface area contributed by atoms with Crippen LogP contribution >= 0.6 is 11.1 Å². The molecule has 10 heavy (non-hydrogen) atoms. The molecule has 1 aromatic rings. The highest BCUT2D eigenvalue weighted by Gasteiger charge is 1.99. The maximum atomic E-state index is 4.44. The smallest absolute Gasteiger partial charge is 0.174 e. The summed E-state index contributed by atoms with van der Waals surface area (Å²) in [6, 6.07) is 8.36. The zero-order chi connectivity index (χ0) is 7.40. The first-order valence-electron chi connectivity index (χ1n) is 2.93. The van der Waals surface area contributed by atoms with Gasteiger partial charge in [-0.3, -0.25) is 0 Å². The van der Waals surface area contributed by atoms with E-state index in [1.165, 1.54) is 11.1 Å². The summed E-state index contributed by atoms with van der Waals surface area (Å²) in [4.78, 5) is 0. The van der Waals surface area contributed by atoms with Crippen LogP contribution in [0.25, 0.3) is 12.2 Å². The zero-order valence-electron chi connectivity index (χ0n) is 5.34. The average molecular weight is 166 g/mol. The predicted molar refractivity (Wildman–Crippen MR) is 47.0 cm³/mol. The van der Waals surface area contributed by atoms with E-state index in [4.69, 9.17) is 0 Å². The van der Waals surface area contributed by atoms with Gasteiger partial charge in [-0.2, -0.15) is 11.1 Å². The molecule has 2 rings (SSSR count). The van der Waals surface area contributed by atoms with Gasteiger partial charge in [-0.05, 0) is 11.1 Å². The van der Waals surface area contributed by atoms with Crippen LogP contribution in [0.15, 0.2) is 24.3 Å². The van der Waals surface area contributed by atoms with E-state index in [9.17, 15) is 0 Å². The van der Waals surface area contributed by atoms with Crippen LogP contribution in [-0.4, -0.2) is 9.55 Å². The van der Waals surface area contributed by atoms with Gasteiger partial charge in [0.15, 0.2) is 9.55 Å². The molecule has 0 unspecified atom stereocenters. The van der Waals surface area contributed by atoms with E-state index in [-0.39, 0.29) is 0 Å². The SMILES string of the molecule is C1=Cc2ccccc21.[Si]Cl. The van der Waals surface area contributed by atoms with Gasteiger partial charge in [0.2, 0.25) is 0 Å². The molecule has 0 amide bonds. The van der Waals surface area contributed by atoms with Crippen molar-refractivity contribution < 1.29 is 0 Å². The highest BCUT2D eigenvalue weighted by atomic mass is 35.6. The minimum atomic E-state index is 1.37. The lowest BCUT2D eigenvalue weighted by atomic mass is 9.99. The van der Waals surface area contributed by atoms with Crippen LogP contribution in [0.5, 0.6) is 0 Å². The number of benzene rings is 1. The molecule has 3 radical (unpaired) electrons. The maximum Gasteiger partial charge on any atom is 0.174 e. The van der Waals surface area contributed by atoms with Gasteiger partial charge in [0.25, 0.3) is 0 Å². The summed E-state index contributed by atoms with van der Waals surface area (Å²) in [5, 5.41) is 0. The third-order valence-electron chi connectivity index (χ3n) is 1.44. The number of rotatable bonds is 0. The fraction of sp³-hybridized carbons (Fsp3) is 0. The molecular formula is C8H6ClSi. The van der Waals surface area contributed by atoms with Crippen LogP contribution in [0.2, 0.25) is 0 Å². The second-order valence-corrected chi connectivity index (χ2v) is 1.96. The van der Waals surface area contributed by atoms with Gasteiger partial charge in [-0.25, -0.2) is 0 Å². The summed E-state index contributed by atoms with van der Waals surface area (Å²) in [6.45, 7) is 0. The summed E-state index contributed by atoms with van der Waals surface area (Å²) >= 11 is 4.44. The van der Waals surface area contributed by atoms with Gasteiger partial charge in [-0.1, -0.05) is 36.4 Å². The van der Waals surface area contributed by atoms with Crippen molar-refractivity contribution in [2.24, 2.45) is 0 Å². The first-order chi connectivity index (χ1) is 4.97. The molecule has 0 saturated heterocycles.